The Morgan fingerprint density at radius 1 is 1.16 bits per heavy atom. The molecule has 1 heterocycles. The molecule has 0 unspecified atom stereocenters. The van der Waals surface area contributed by atoms with Gasteiger partial charge in [0, 0.05) is 4.47 Å². The molecule has 10 heteroatoms. The van der Waals surface area contributed by atoms with Crippen LogP contribution >= 0.6 is 28.1 Å². The summed E-state index contributed by atoms with van der Waals surface area (Å²) in [6, 6.07) is 11.8. The predicted molar refractivity (Wildman–Crippen MR) is 125 cm³/mol. The van der Waals surface area contributed by atoms with Crippen molar-refractivity contribution < 1.29 is 28.6 Å². The normalized spacial score (nSPS) is 14.9. The molecule has 0 atom stereocenters. The van der Waals surface area contributed by atoms with Crippen molar-refractivity contribution >= 4 is 62.8 Å². The van der Waals surface area contributed by atoms with Gasteiger partial charge in [-0.25, -0.2) is 4.79 Å². The van der Waals surface area contributed by atoms with E-state index in [9.17, 15) is 14.4 Å². The van der Waals surface area contributed by atoms with Gasteiger partial charge in [0.05, 0.1) is 19.4 Å². The van der Waals surface area contributed by atoms with Gasteiger partial charge < -0.3 is 14.2 Å². The van der Waals surface area contributed by atoms with E-state index in [1.165, 1.54) is 18.1 Å². The first kappa shape index (κ1) is 23.4. The van der Waals surface area contributed by atoms with E-state index in [-0.39, 0.29) is 23.9 Å². The molecule has 1 aliphatic heterocycles. The van der Waals surface area contributed by atoms with Crippen molar-refractivity contribution in [1.82, 2.24) is 5.32 Å². The van der Waals surface area contributed by atoms with E-state index < -0.39 is 17.8 Å². The van der Waals surface area contributed by atoms with E-state index in [0.29, 0.717) is 22.7 Å². The van der Waals surface area contributed by atoms with E-state index >= 15 is 0 Å². The summed E-state index contributed by atoms with van der Waals surface area (Å²) in [5.41, 5.74) is 0.950. The summed E-state index contributed by atoms with van der Waals surface area (Å²) < 4.78 is 16.4. The molecule has 1 saturated heterocycles. The Balaban J connectivity index is 1.87. The molecule has 0 aromatic heterocycles. The highest BCUT2D eigenvalue weighted by atomic mass is 79.9. The first-order chi connectivity index (χ1) is 15.3. The van der Waals surface area contributed by atoms with Gasteiger partial charge in [0.1, 0.15) is 5.57 Å². The van der Waals surface area contributed by atoms with Crippen LogP contribution in [0.15, 0.2) is 52.5 Å². The number of hydrogen-bond acceptors (Lipinski definition) is 7. The number of methoxy groups -OCH3 is 1. The zero-order valence-electron chi connectivity index (χ0n) is 17.2. The van der Waals surface area contributed by atoms with Crippen LogP contribution in [0.2, 0.25) is 0 Å². The second kappa shape index (κ2) is 10.4. The number of carbonyl (C=O) groups is 3. The molecule has 2 aromatic carbocycles. The Hall–Kier alpha value is -3.24. The maximum Gasteiger partial charge on any atom is 0.344 e. The molecule has 3 rings (SSSR count). The second-order valence-corrected chi connectivity index (χ2v) is 7.74. The third kappa shape index (κ3) is 5.32. The fourth-order valence-corrected chi connectivity index (χ4v) is 3.43. The Kier molecular flexibility index (Phi) is 7.60. The van der Waals surface area contributed by atoms with Crippen LogP contribution in [0, 0.1) is 0 Å². The molecule has 2 amide bonds. The third-order valence-electron chi connectivity index (χ3n) is 4.34. The lowest BCUT2D eigenvalue weighted by molar-refractivity contribution is -0.145. The first-order valence-electron chi connectivity index (χ1n) is 9.47. The van der Waals surface area contributed by atoms with Crippen LogP contribution in [0.3, 0.4) is 0 Å². The maximum absolute atomic E-state index is 13.1. The van der Waals surface area contributed by atoms with Crippen molar-refractivity contribution in [1.29, 1.82) is 0 Å². The Morgan fingerprint density at radius 2 is 1.88 bits per heavy atom. The fraction of sp³-hybridized carbons (Fsp3) is 0.182. The van der Waals surface area contributed by atoms with Gasteiger partial charge in [-0.1, -0.05) is 22.0 Å². The zero-order chi connectivity index (χ0) is 23.3. The molecule has 0 saturated carbocycles. The van der Waals surface area contributed by atoms with Crippen LogP contribution < -0.4 is 19.7 Å². The van der Waals surface area contributed by atoms with E-state index in [1.54, 1.807) is 49.4 Å². The van der Waals surface area contributed by atoms with Gasteiger partial charge in [-0.3, -0.25) is 19.8 Å². The molecular weight excluding hydrogens is 500 g/mol. The van der Waals surface area contributed by atoms with Gasteiger partial charge in [0.15, 0.2) is 23.2 Å². The van der Waals surface area contributed by atoms with Crippen molar-refractivity contribution in [3.63, 3.8) is 0 Å². The number of amides is 2. The van der Waals surface area contributed by atoms with Crippen molar-refractivity contribution in [2.45, 2.75) is 6.92 Å². The number of anilines is 1. The predicted octanol–water partition coefficient (Wildman–Crippen LogP) is 3.23. The lowest BCUT2D eigenvalue weighted by Crippen LogP contribution is -2.54. The minimum absolute atomic E-state index is 0.000216. The Bertz CT molecular complexity index is 1100. The van der Waals surface area contributed by atoms with E-state index in [1.807, 2.05) is 0 Å². The molecule has 1 fully saturated rings. The molecule has 32 heavy (non-hydrogen) atoms. The van der Waals surface area contributed by atoms with Gasteiger partial charge in [-0.2, -0.15) is 0 Å². The van der Waals surface area contributed by atoms with Gasteiger partial charge in [-0.15, -0.1) is 0 Å². The van der Waals surface area contributed by atoms with E-state index in [4.69, 9.17) is 26.4 Å². The number of rotatable bonds is 7. The number of hydrogen-bond donors (Lipinski definition) is 1. The van der Waals surface area contributed by atoms with Crippen LogP contribution in [-0.4, -0.2) is 43.2 Å². The molecular formula is C22H19BrN2O6S. The topological polar surface area (TPSA) is 94.2 Å². The smallest absolute Gasteiger partial charge is 0.344 e. The van der Waals surface area contributed by atoms with E-state index in [2.05, 4.69) is 21.2 Å². The van der Waals surface area contributed by atoms with Gasteiger partial charge in [0.2, 0.25) is 0 Å². The summed E-state index contributed by atoms with van der Waals surface area (Å²) in [4.78, 5) is 38.3. The molecule has 0 aliphatic carbocycles. The summed E-state index contributed by atoms with van der Waals surface area (Å²) in [7, 11) is 1.44. The molecule has 0 bridgehead atoms. The lowest BCUT2D eigenvalue weighted by Gasteiger charge is -2.29. The number of ether oxygens (including phenoxy) is 3. The molecule has 0 radical (unpaired) electrons. The highest BCUT2D eigenvalue weighted by Gasteiger charge is 2.34. The van der Waals surface area contributed by atoms with Crippen LogP contribution in [0.5, 0.6) is 11.5 Å². The highest BCUT2D eigenvalue weighted by Crippen LogP contribution is 2.30. The largest absolute Gasteiger partial charge is 0.493 e. The van der Waals surface area contributed by atoms with Gasteiger partial charge in [0.25, 0.3) is 11.8 Å². The molecule has 0 spiro atoms. The van der Waals surface area contributed by atoms with E-state index in [0.717, 1.165) is 4.47 Å². The van der Waals surface area contributed by atoms with Crippen LogP contribution in [0.25, 0.3) is 6.08 Å². The van der Waals surface area contributed by atoms with Crippen molar-refractivity contribution in [3.8, 4) is 11.5 Å². The van der Waals surface area contributed by atoms with Crippen LogP contribution in [-0.2, 0) is 19.1 Å². The number of esters is 1. The Labute approximate surface area is 198 Å². The molecule has 1 aliphatic rings. The number of carbonyl (C=O) groups excluding carboxylic acids is 3. The second-order valence-electron chi connectivity index (χ2n) is 6.44. The van der Waals surface area contributed by atoms with Crippen molar-refractivity contribution in [2.24, 2.45) is 0 Å². The number of nitrogens with zero attached hydrogens (tertiary/aromatic N) is 1. The molecule has 2 aromatic rings. The Morgan fingerprint density at radius 3 is 2.53 bits per heavy atom. The average molecular weight is 519 g/mol. The van der Waals surface area contributed by atoms with Crippen LogP contribution in [0.1, 0.15) is 12.5 Å². The fourth-order valence-electron chi connectivity index (χ4n) is 2.88. The summed E-state index contributed by atoms with van der Waals surface area (Å²) in [5.74, 6) is -1.01. The van der Waals surface area contributed by atoms with Gasteiger partial charge in [-0.05, 0) is 67.2 Å². The first-order valence-corrected chi connectivity index (χ1v) is 10.7. The molecule has 1 N–H and O–H groups in total. The summed E-state index contributed by atoms with van der Waals surface area (Å²) in [5, 5.41) is 2.54. The summed E-state index contributed by atoms with van der Waals surface area (Å²) in [6.45, 7) is 1.68. The highest BCUT2D eigenvalue weighted by molar-refractivity contribution is 9.10. The quantitative estimate of drug-likeness (QED) is 0.260. The summed E-state index contributed by atoms with van der Waals surface area (Å²) >= 11 is 8.55. The summed E-state index contributed by atoms with van der Waals surface area (Å²) in [6.07, 6.45) is 1.43. The number of halogens is 1. The third-order valence-corrected chi connectivity index (χ3v) is 5.15. The lowest BCUT2D eigenvalue weighted by atomic mass is 10.1. The van der Waals surface area contributed by atoms with Crippen molar-refractivity contribution in [3.05, 3.63) is 58.1 Å². The van der Waals surface area contributed by atoms with Gasteiger partial charge >= 0.3 is 5.97 Å². The minimum atomic E-state index is -0.602. The number of benzene rings is 2. The average Bonchev–Trinajstić information content (AvgIpc) is 2.77. The molecule has 8 nitrogen and oxygen atoms in total. The standard InChI is InChI=1S/C22H19BrN2O6S/c1-3-30-19(26)12-31-17-9-4-13(11-18(17)29-2)10-16-20(27)24-22(32)25(21(16)28)15-7-5-14(23)6-8-15/h4-11H,3,12H2,1-2H3,(H,24,27,32)/b16-10+. The monoisotopic (exact) mass is 518 g/mol. The van der Waals surface area contributed by atoms with Crippen LogP contribution in [0.4, 0.5) is 5.69 Å². The molecule has 166 valence electrons. The minimum Gasteiger partial charge on any atom is -0.493 e. The zero-order valence-corrected chi connectivity index (χ0v) is 19.6. The maximum atomic E-state index is 13.1. The SMILES string of the molecule is CCOC(=O)COc1ccc(/C=C2\C(=O)NC(=S)N(c3ccc(Br)cc3)C2=O)cc1OC. The number of thiocarbonyl (C=S) groups is 1. The van der Waals surface area contributed by atoms with Crippen molar-refractivity contribution in [2.75, 3.05) is 25.2 Å². The number of nitrogens with one attached hydrogen (secondary N) is 1.